The minimum Gasteiger partial charge on any atom is -0.494 e. The Hall–Kier alpha value is -3.35. The number of carboxylic acids is 1. The molecule has 0 radical (unpaired) electrons. The van der Waals surface area contributed by atoms with E-state index in [4.69, 9.17) is 4.74 Å². The number of H-pyrrole nitrogens is 1. The number of aliphatic carboxylic acids is 1. The Morgan fingerprint density at radius 2 is 2.09 bits per heavy atom. The van der Waals surface area contributed by atoms with Gasteiger partial charge in [0.2, 0.25) is 0 Å². The average Bonchev–Trinajstić information content (AvgIpc) is 3.49. The number of nitrogens with zero attached hydrogens (tertiary/aromatic N) is 2. The number of aromatic nitrogens is 3. The van der Waals surface area contributed by atoms with Crippen LogP contribution in [0.2, 0.25) is 0 Å². The van der Waals surface area contributed by atoms with E-state index < -0.39 is 11.8 Å². The lowest BCUT2D eigenvalue weighted by Gasteiger charge is -2.19. The molecule has 2 aromatic heterocycles. The first-order valence-electron chi connectivity index (χ1n) is 11.0. The molecule has 2 heterocycles. The van der Waals surface area contributed by atoms with Crippen LogP contribution in [0.3, 0.4) is 0 Å². The third kappa shape index (κ3) is 3.15. The highest BCUT2D eigenvalue weighted by Crippen LogP contribution is 2.47. The molecule has 0 spiro atoms. The lowest BCUT2D eigenvalue weighted by atomic mass is 9.90. The highest BCUT2D eigenvalue weighted by atomic mass is 19.1. The predicted octanol–water partition coefficient (Wildman–Crippen LogP) is 5.75. The number of ether oxygens (including phenoxy) is 1. The second kappa shape index (κ2) is 7.65. The minimum atomic E-state index is -0.721. The first-order valence-corrected chi connectivity index (χ1v) is 11.0. The van der Waals surface area contributed by atoms with Crippen molar-refractivity contribution in [2.45, 2.75) is 44.9 Å². The summed E-state index contributed by atoms with van der Waals surface area (Å²) in [4.78, 5) is 11.7. The summed E-state index contributed by atoms with van der Waals surface area (Å²) in [6, 6.07) is 9.13. The fraction of sp³-hybridized carbons (Fsp3) is 0.360. The van der Waals surface area contributed by atoms with E-state index in [0.717, 1.165) is 39.6 Å². The molecule has 0 aliphatic heterocycles. The van der Waals surface area contributed by atoms with Gasteiger partial charge in [0.25, 0.3) is 0 Å². The molecule has 2 aromatic carbocycles. The van der Waals surface area contributed by atoms with Crippen molar-refractivity contribution >= 4 is 27.8 Å². The zero-order valence-electron chi connectivity index (χ0n) is 18.4. The highest BCUT2D eigenvalue weighted by Gasteiger charge is 2.35. The molecule has 5 rings (SSSR count). The second-order valence-electron chi connectivity index (χ2n) is 8.98. The van der Waals surface area contributed by atoms with Crippen LogP contribution in [0.1, 0.15) is 56.2 Å². The summed E-state index contributed by atoms with van der Waals surface area (Å²) in [5.41, 5.74) is 5.09. The number of hydrogen-bond donors (Lipinski definition) is 2. The van der Waals surface area contributed by atoms with E-state index in [1.807, 2.05) is 0 Å². The van der Waals surface area contributed by atoms with Gasteiger partial charge < -0.3 is 14.4 Å². The monoisotopic (exact) mass is 435 g/mol. The molecule has 4 aromatic rings. The van der Waals surface area contributed by atoms with Crippen molar-refractivity contribution in [1.82, 2.24) is 14.8 Å². The number of nitrogens with one attached hydrogen (secondary N) is 1. The number of rotatable bonds is 5. The molecule has 0 saturated heterocycles. The number of aromatic amines is 1. The molecule has 1 aliphatic carbocycles. The van der Waals surface area contributed by atoms with Crippen LogP contribution in [0.15, 0.2) is 36.5 Å². The highest BCUT2D eigenvalue weighted by molar-refractivity contribution is 5.99. The van der Waals surface area contributed by atoms with E-state index in [2.05, 4.69) is 40.7 Å². The SMILES string of the molecule is COc1cc(-n2c(C(C)C)c([C@@H]3CC[C@@H](C(=O)O)C3)c3cc4[nH]ncc4cc32)ccc1F. The number of carboxylic acid groups (broad SMARTS) is 1. The van der Waals surface area contributed by atoms with Gasteiger partial charge in [-0.3, -0.25) is 9.89 Å². The first-order chi connectivity index (χ1) is 15.4. The molecule has 2 N–H and O–H groups in total. The maximum atomic E-state index is 14.2. The summed E-state index contributed by atoms with van der Waals surface area (Å²) in [7, 11) is 1.46. The number of fused-ring (bicyclic) bond motifs is 2. The Morgan fingerprint density at radius 1 is 1.28 bits per heavy atom. The lowest BCUT2D eigenvalue weighted by molar-refractivity contribution is -0.141. The third-order valence-corrected chi connectivity index (χ3v) is 6.73. The van der Waals surface area contributed by atoms with Gasteiger partial charge in [-0.05, 0) is 60.9 Å². The van der Waals surface area contributed by atoms with E-state index in [0.29, 0.717) is 12.8 Å². The third-order valence-electron chi connectivity index (χ3n) is 6.73. The normalized spacial score (nSPS) is 18.8. The summed E-state index contributed by atoms with van der Waals surface area (Å²) < 4.78 is 21.6. The molecule has 1 saturated carbocycles. The van der Waals surface area contributed by atoms with E-state index in [-0.39, 0.29) is 23.5 Å². The van der Waals surface area contributed by atoms with Crippen molar-refractivity contribution < 1.29 is 19.0 Å². The van der Waals surface area contributed by atoms with Crippen molar-refractivity contribution in [2.75, 3.05) is 7.11 Å². The van der Waals surface area contributed by atoms with Gasteiger partial charge in [-0.2, -0.15) is 5.10 Å². The quantitative estimate of drug-likeness (QED) is 0.419. The first kappa shape index (κ1) is 20.5. The summed E-state index contributed by atoms with van der Waals surface area (Å²) >= 11 is 0. The zero-order valence-corrected chi connectivity index (χ0v) is 18.4. The number of halogens is 1. The fourth-order valence-electron chi connectivity index (χ4n) is 5.30. The van der Waals surface area contributed by atoms with Crippen LogP contribution in [-0.2, 0) is 4.79 Å². The van der Waals surface area contributed by atoms with Gasteiger partial charge in [-0.25, -0.2) is 4.39 Å². The molecular formula is C25H26FN3O3. The van der Waals surface area contributed by atoms with Gasteiger partial charge in [0.05, 0.1) is 30.3 Å². The summed E-state index contributed by atoms with van der Waals surface area (Å²) in [5.74, 6) is -0.927. The molecule has 0 bridgehead atoms. The van der Waals surface area contributed by atoms with Crippen LogP contribution < -0.4 is 4.74 Å². The largest absolute Gasteiger partial charge is 0.494 e. The van der Waals surface area contributed by atoms with E-state index in [9.17, 15) is 14.3 Å². The van der Waals surface area contributed by atoms with E-state index in [1.54, 1.807) is 18.3 Å². The summed E-state index contributed by atoms with van der Waals surface area (Å²) in [6.45, 7) is 4.29. The summed E-state index contributed by atoms with van der Waals surface area (Å²) in [5, 5.41) is 18.9. The van der Waals surface area contributed by atoms with E-state index in [1.165, 1.54) is 18.7 Å². The topological polar surface area (TPSA) is 80.1 Å². The van der Waals surface area contributed by atoms with Crippen LogP contribution in [-0.4, -0.2) is 33.0 Å². The molecule has 32 heavy (non-hydrogen) atoms. The van der Waals surface area contributed by atoms with Crippen LogP contribution in [0.5, 0.6) is 5.75 Å². The molecule has 0 unspecified atom stereocenters. The zero-order chi connectivity index (χ0) is 22.6. The molecule has 166 valence electrons. The van der Waals surface area contributed by atoms with Crippen molar-refractivity contribution in [3.05, 3.63) is 53.6 Å². The van der Waals surface area contributed by atoms with Crippen LogP contribution >= 0.6 is 0 Å². The van der Waals surface area contributed by atoms with Crippen molar-refractivity contribution in [2.24, 2.45) is 5.92 Å². The standard InChI is InChI=1S/C25H26FN3O3/c1-13(2)24-23(14-4-5-15(8-14)25(30)31)18-11-20-16(12-27-28-20)9-21(18)29(24)17-6-7-19(26)22(10-17)32-3/h6-7,9-15H,4-5,8H2,1-3H3,(H,27,28)(H,30,31)/t14-,15-/m1/s1. The molecule has 1 fully saturated rings. The molecule has 6 nitrogen and oxygen atoms in total. The van der Waals surface area contributed by atoms with Gasteiger partial charge in [0.15, 0.2) is 11.6 Å². The maximum absolute atomic E-state index is 14.2. The lowest BCUT2D eigenvalue weighted by Crippen LogP contribution is -2.10. The number of benzene rings is 2. The van der Waals surface area contributed by atoms with Crippen molar-refractivity contribution in [3.63, 3.8) is 0 Å². The van der Waals surface area contributed by atoms with Crippen LogP contribution in [0.4, 0.5) is 4.39 Å². The number of carbonyl (C=O) groups is 1. The Balaban J connectivity index is 1.83. The van der Waals surface area contributed by atoms with Crippen molar-refractivity contribution in [3.8, 4) is 11.4 Å². The Bertz CT molecular complexity index is 1340. The fourth-order valence-corrected chi connectivity index (χ4v) is 5.30. The van der Waals surface area contributed by atoms with Crippen LogP contribution in [0, 0.1) is 11.7 Å². The van der Waals surface area contributed by atoms with Gasteiger partial charge in [0, 0.05) is 28.2 Å². The number of methoxy groups -OCH3 is 1. The molecular weight excluding hydrogens is 409 g/mol. The molecule has 2 atom stereocenters. The van der Waals surface area contributed by atoms with Gasteiger partial charge in [-0.1, -0.05) is 13.8 Å². The maximum Gasteiger partial charge on any atom is 0.306 e. The molecule has 7 heteroatoms. The van der Waals surface area contributed by atoms with Crippen molar-refractivity contribution in [1.29, 1.82) is 0 Å². The second-order valence-corrected chi connectivity index (χ2v) is 8.98. The van der Waals surface area contributed by atoms with Crippen LogP contribution in [0.25, 0.3) is 27.5 Å². The van der Waals surface area contributed by atoms with Gasteiger partial charge in [0.1, 0.15) is 0 Å². The Labute approximate surface area is 185 Å². The smallest absolute Gasteiger partial charge is 0.306 e. The predicted molar refractivity (Wildman–Crippen MR) is 121 cm³/mol. The minimum absolute atomic E-state index is 0.153. The van der Waals surface area contributed by atoms with Gasteiger partial charge >= 0.3 is 5.97 Å². The van der Waals surface area contributed by atoms with Gasteiger partial charge in [-0.15, -0.1) is 0 Å². The molecule has 1 aliphatic rings. The van der Waals surface area contributed by atoms with E-state index >= 15 is 0 Å². The number of hydrogen-bond acceptors (Lipinski definition) is 3. The Kier molecular flexibility index (Phi) is 4.92. The summed E-state index contributed by atoms with van der Waals surface area (Å²) in [6.07, 6.45) is 3.94. The molecule has 0 amide bonds. The Morgan fingerprint density at radius 3 is 2.78 bits per heavy atom. The average molecular weight is 435 g/mol.